The summed E-state index contributed by atoms with van der Waals surface area (Å²) in [4.78, 5) is 15.1. The minimum absolute atomic E-state index is 0.0437. The van der Waals surface area contributed by atoms with E-state index in [9.17, 15) is 4.79 Å². The highest BCUT2D eigenvalue weighted by molar-refractivity contribution is 5.93. The van der Waals surface area contributed by atoms with Gasteiger partial charge in [0, 0.05) is 12.6 Å². The Labute approximate surface area is 125 Å². The maximum absolute atomic E-state index is 11.5. The topological polar surface area (TPSA) is 38.4 Å². The van der Waals surface area contributed by atoms with Crippen LogP contribution in [-0.2, 0) is 4.79 Å². The normalized spacial score (nSPS) is 11.8. The SMILES string of the molecule is [C-]#[N+]c1c(C)c(C)n(C(C)c2ccccc2)c1NC(C)=O. The molecule has 0 radical (unpaired) electrons. The Morgan fingerprint density at radius 1 is 1.29 bits per heavy atom. The van der Waals surface area contributed by atoms with E-state index in [1.807, 2.05) is 36.6 Å². The van der Waals surface area contributed by atoms with Gasteiger partial charge in [0.05, 0.1) is 12.6 Å². The molecule has 1 aromatic carbocycles. The molecular formula is C17H19N3O. The molecule has 4 nitrogen and oxygen atoms in total. The molecule has 1 atom stereocenters. The first-order valence-corrected chi connectivity index (χ1v) is 6.88. The van der Waals surface area contributed by atoms with Gasteiger partial charge in [-0.2, -0.15) is 0 Å². The molecule has 0 spiro atoms. The number of nitrogens with zero attached hydrogens (tertiary/aromatic N) is 2. The Morgan fingerprint density at radius 2 is 1.90 bits per heavy atom. The largest absolute Gasteiger partial charge is 0.335 e. The van der Waals surface area contributed by atoms with E-state index in [0.29, 0.717) is 11.5 Å². The summed E-state index contributed by atoms with van der Waals surface area (Å²) in [6.07, 6.45) is 0. The van der Waals surface area contributed by atoms with Crippen molar-refractivity contribution in [3.63, 3.8) is 0 Å². The number of carbonyl (C=O) groups excluding carboxylic acids is 1. The van der Waals surface area contributed by atoms with Crippen LogP contribution >= 0.6 is 0 Å². The molecule has 1 aromatic heterocycles. The second-order valence-corrected chi connectivity index (χ2v) is 5.16. The number of anilines is 1. The van der Waals surface area contributed by atoms with Crippen LogP contribution in [0.25, 0.3) is 4.85 Å². The lowest BCUT2D eigenvalue weighted by molar-refractivity contribution is -0.114. The van der Waals surface area contributed by atoms with Gasteiger partial charge in [-0.3, -0.25) is 4.79 Å². The lowest BCUT2D eigenvalue weighted by Gasteiger charge is -2.21. The van der Waals surface area contributed by atoms with Crippen LogP contribution < -0.4 is 5.32 Å². The van der Waals surface area contributed by atoms with Gasteiger partial charge < -0.3 is 9.88 Å². The summed E-state index contributed by atoms with van der Waals surface area (Å²) in [5.41, 5.74) is 3.57. The van der Waals surface area contributed by atoms with Crippen molar-refractivity contribution in [1.82, 2.24) is 4.57 Å². The number of carbonyl (C=O) groups is 1. The minimum atomic E-state index is -0.168. The van der Waals surface area contributed by atoms with E-state index in [1.165, 1.54) is 6.92 Å². The summed E-state index contributed by atoms with van der Waals surface area (Å²) in [5, 5.41) is 2.82. The van der Waals surface area contributed by atoms with Gasteiger partial charge in [0.25, 0.3) is 0 Å². The van der Waals surface area contributed by atoms with E-state index in [-0.39, 0.29) is 11.9 Å². The van der Waals surface area contributed by atoms with Crippen molar-refractivity contribution in [1.29, 1.82) is 0 Å². The highest BCUT2D eigenvalue weighted by atomic mass is 16.1. The fourth-order valence-corrected chi connectivity index (χ4v) is 2.60. The van der Waals surface area contributed by atoms with Crippen molar-refractivity contribution >= 4 is 17.4 Å². The molecular weight excluding hydrogens is 262 g/mol. The Balaban J connectivity index is 2.62. The van der Waals surface area contributed by atoms with Crippen LogP contribution in [0.4, 0.5) is 11.5 Å². The van der Waals surface area contributed by atoms with Gasteiger partial charge >= 0.3 is 0 Å². The maximum atomic E-state index is 11.5. The molecule has 0 saturated heterocycles. The summed E-state index contributed by atoms with van der Waals surface area (Å²) in [7, 11) is 0. The van der Waals surface area contributed by atoms with Crippen molar-refractivity contribution in [2.24, 2.45) is 0 Å². The lowest BCUT2D eigenvalue weighted by Crippen LogP contribution is -2.15. The predicted molar refractivity (Wildman–Crippen MR) is 84.7 cm³/mol. The molecule has 0 saturated carbocycles. The number of hydrogen-bond donors (Lipinski definition) is 1. The lowest BCUT2D eigenvalue weighted by atomic mass is 10.1. The molecule has 1 unspecified atom stereocenters. The fraction of sp³-hybridized carbons (Fsp3) is 0.294. The Kier molecular flexibility index (Phi) is 4.13. The highest BCUT2D eigenvalue weighted by Crippen LogP contribution is 2.38. The van der Waals surface area contributed by atoms with Crippen LogP contribution in [0.2, 0.25) is 0 Å². The second kappa shape index (κ2) is 5.84. The monoisotopic (exact) mass is 281 g/mol. The molecule has 0 aliphatic rings. The number of nitrogens with one attached hydrogen (secondary N) is 1. The van der Waals surface area contributed by atoms with Crippen molar-refractivity contribution in [2.45, 2.75) is 33.7 Å². The quantitative estimate of drug-likeness (QED) is 0.840. The predicted octanol–water partition coefficient (Wildman–Crippen LogP) is 4.22. The molecule has 0 bridgehead atoms. The molecule has 1 amide bonds. The molecule has 4 heteroatoms. The second-order valence-electron chi connectivity index (χ2n) is 5.16. The first-order chi connectivity index (χ1) is 9.97. The Morgan fingerprint density at radius 3 is 2.43 bits per heavy atom. The van der Waals surface area contributed by atoms with Crippen LogP contribution in [-0.4, -0.2) is 10.5 Å². The summed E-state index contributed by atoms with van der Waals surface area (Å²) in [5.74, 6) is 0.419. The van der Waals surface area contributed by atoms with Crippen molar-refractivity contribution in [2.75, 3.05) is 5.32 Å². The number of amides is 1. The molecule has 0 fully saturated rings. The zero-order chi connectivity index (χ0) is 15.6. The summed E-state index contributed by atoms with van der Waals surface area (Å²) < 4.78 is 2.03. The van der Waals surface area contributed by atoms with Crippen molar-refractivity contribution in [3.05, 3.63) is 58.6 Å². The van der Waals surface area contributed by atoms with E-state index >= 15 is 0 Å². The van der Waals surface area contributed by atoms with Gasteiger partial charge in [-0.15, -0.1) is 0 Å². The smallest absolute Gasteiger partial charge is 0.231 e. The average molecular weight is 281 g/mol. The molecule has 108 valence electrons. The van der Waals surface area contributed by atoms with E-state index in [1.54, 1.807) is 0 Å². The Hall–Kier alpha value is -2.54. The molecule has 1 N–H and O–H groups in total. The van der Waals surface area contributed by atoms with Crippen LogP contribution in [0, 0.1) is 20.4 Å². The third kappa shape index (κ3) is 2.68. The minimum Gasteiger partial charge on any atom is -0.335 e. The third-order valence-corrected chi connectivity index (χ3v) is 3.80. The zero-order valence-electron chi connectivity index (χ0n) is 12.8. The van der Waals surface area contributed by atoms with Gasteiger partial charge in [0.2, 0.25) is 11.6 Å². The van der Waals surface area contributed by atoms with Gasteiger partial charge in [-0.05, 0) is 31.9 Å². The molecule has 2 aromatic rings. The Bertz CT molecular complexity index is 708. The molecule has 21 heavy (non-hydrogen) atoms. The van der Waals surface area contributed by atoms with E-state index < -0.39 is 0 Å². The molecule has 1 heterocycles. The zero-order valence-corrected chi connectivity index (χ0v) is 12.8. The van der Waals surface area contributed by atoms with Crippen LogP contribution in [0.1, 0.15) is 36.7 Å². The van der Waals surface area contributed by atoms with Crippen LogP contribution in [0.3, 0.4) is 0 Å². The standard InChI is InChI=1S/C17H19N3O/c1-11-12(2)20(13(3)15-9-7-6-8-10-15)17(16(11)18-5)19-14(4)21/h6-10,13H,1-4H3,(H,19,21). The number of rotatable bonds is 3. The molecule has 0 aliphatic heterocycles. The van der Waals surface area contributed by atoms with Crippen LogP contribution in [0.15, 0.2) is 30.3 Å². The molecule has 2 rings (SSSR count). The molecule has 0 aliphatic carbocycles. The first kappa shape index (κ1) is 14.9. The summed E-state index contributed by atoms with van der Waals surface area (Å²) >= 11 is 0. The van der Waals surface area contributed by atoms with Gasteiger partial charge in [-0.25, -0.2) is 4.85 Å². The van der Waals surface area contributed by atoms with E-state index in [2.05, 4.69) is 29.2 Å². The number of benzene rings is 1. The summed E-state index contributed by atoms with van der Waals surface area (Å²) in [6, 6.07) is 10.1. The fourth-order valence-electron chi connectivity index (χ4n) is 2.60. The van der Waals surface area contributed by atoms with Crippen molar-refractivity contribution in [3.8, 4) is 0 Å². The van der Waals surface area contributed by atoms with E-state index in [0.717, 1.165) is 16.8 Å². The van der Waals surface area contributed by atoms with E-state index in [4.69, 9.17) is 6.57 Å². The summed E-state index contributed by atoms with van der Waals surface area (Å²) in [6.45, 7) is 14.8. The van der Waals surface area contributed by atoms with Gasteiger partial charge in [0.1, 0.15) is 5.82 Å². The van der Waals surface area contributed by atoms with Crippen LogP contribution in [0.5, 0.6) is 0 Å². The average Bonchev–Trinajstić information content (AvgIpc) is 2.70. The number of aromatic nitrogens is 1. The third-order valence-electron chi connectivity index (χ3n) is 3.80. The van der Waals surface area contributed by atoms with Crippen molar-refractivity contribution < 1.29 is 4.79 Å². The van der Waals surface area contributed by atoms with Gasteiger partial charge in [-0.1, -0.05) is 30.3 Å². The highest BCUT2D eigenvalue weighted by Gasteiger charge is 2.22. The number of hydrogen-bond acceptors (Lipinski definition) is 1. The first-order valence-electron chi connectivity index (χ1n) is 6.88. The van der Waals surface area contributed by atoms with Gasteiger partial charge in [0.15, 0.2) is 0 Å². The maximum Gasteiger partial charge on any atom is 0.231 e.